The zero-order chi connectivity index (χ0) is 11.5. The van der Waals surface area contributed by atoms with Gasteiger partial charge in [0.2, 0.25) is 5.91 Å². The first kappa shape index (κ1) is 14.7. The first-order chi connectivity index (χ1) is 7.68. The average molecular weight is 263 g/mol. The van der Waals surface area contributed by atoms with E-state index in [1.54, 1.807) is 0 Å². The van der Waals surface area contributed by atoms with E-state index < -0.39 is 0 Å². The van der Waals surface area contributed by atoms with Gasteiger partial charge in [-0.2, -0.15) is 0 Å². The molecule has 0 aromatic heterocycles. The fourth-order valence-electron chi connectivity index (χ4n) is 2.61. The van der Waals surface area contributed by atoms with Gasteiger partial charge in [0.1, 0.15) is 0 Å². The molecule has 2 heterocycles. The molecule has 3 atom stereocenters. The smallest absolute Gasteiger partial charge is 0.228 e. The van der Waals surface area contributed by atoms with Crippen LogP contribution in [0.25, 0.3) is 0 Å². The summed E-state index contributed by atoms with van der Waals surface area (Å²) in [7, 11) is 0. The molecule has 2 aliphatic rings. The number of likely N-dealkylation sites (tertiary alicyclic amines) is 1. The average Bonchev–Trinajstić information content (AvgIpc) is 2.78. The topological polar surface area (TPSA) is 55.6 Å². The van der Waals surface area contributed by atoms with Crippen molar-refractivity contribution in [3.05, 3.63) is 0 Å². The van der Waals surface area contributed by atoms with Crippen molar-refractivity contribution in [1.82, 2.24) is 4.90 Å². The Morgan fingerprint density at radius 1 is 1.47 bits per heavy atom. The number of carbonyl (C=O) groups is 1. The van der Waals surface area contributed by atoms with Crippen molar-refractivity contribution in [2.75, 3.05) is 26.3 Å². The summed E-state index contributed by atoms with van der Waals surface area (Å²) < 4.78 is 5.36. The minimum absolute atomic E-state index is 0. The number of nitrogens with two attached hydrogens (primary N) is 1. The molecule has 2 rings (SSSR count). The summed E-state index contributed by atoms with van der Waals surface area (Å²) in [5.41, 5.74) is 5.88. The van der Waals surface area contributed by atoms with Crippen molar-refractivity contribution in [2.45, 2.75) is 32.2 Å². The SMILES string of the molecule is CC(N)C1CCN(C(=O)C2CCCOC2)C1.Cl. The van der Waals surface area contributed by atoms with E-state index in [0.717, 1.165) is 39.0 Å². The first-order valence-corrected chi connectivity index (χ1v) is 6.30. The van der Waals surface area contributed by atoms with Gasteiger partial charge >= 0.3 is 0 Å². The number of carbonyl (C=O) groups excluding carboxylic acids is 1. The second-order valence-electron chi connectivity index (χ2n) is 5.11. The van der Waals surface area contributed by atoms with Crippen LogP contribution in [0.15, 0.2) is 0 Å². The lowest BCUT2D eigenvalue weighted by atomic mass is 10.0. The third kappa shape index (κ3) is 3.57. The summed E-state index contributed by atoms with van der Waals surface area (Å²) in [6.45, 7) is 5.17. The fraction of sp³-hybridized carbons (Fsp3) is 0.917. The van der Waals surface area contributed by atoms with Crippen LogP contribution in [-0.2, 0) is 9.53 Å². The summed E-state index contributed by atoms with van der Waals surface area (Å²) in [4.78, 5) is 14.2. The van der Waals surface area contributed by atoms with Crippen molar-refractivity contribution in [3.63, 3.8) is 0 Å². The Hall–Kier alpha value is -0.320. The molecular formula is C12H23ClN2O2. The molecule has 0 saturated carbocycles. The monoisotopic (exact) mass is 262 g/mol. The van der Waals surface area contributed by atoms with Crippen LogP contribution in [0.3, 0.4) is 0 Å². The van der Waals surface area contributed by atoms with Crippen molar-refractivity contribution in [1.29, 1.82) is 0 Å². The molecule has 100 valence electrons. The highest BCUT2D eigenvalue weighted by Gasteiger charge is 2.32. The van der Waals surface area contributed by atoms with Crippen LogP contribution in [0.5, 0.6) is 0 Å². The van der Waals surface area contributed by atoms with Crippen LogP contribution in [0.4, 0.5) is 0 Å². The number of hydrogen-bond acceptors (Lipinski definition) is 3. The van der Waals surface area contributed by atoms with E-state index >= 15 is 0 Å². The molecule has 2 N–H and O–H groups in total. The molecule has 0 aliphatic carbocycles. The first-order valence-electron chi connectivity index (χ1n) is 6.30. The lowest BCUT2D eigenvalue weighted by molar-refractivity contribution is -0.138. The number of halogens is 1. The molecule has 2 saturated heterocycles. The normalized spacial score (nSPS) is 30.8. The van der Waals surface area contributed by atoms with Gasteiger partial charge in [-0.3, -0.25) is 4.79 Å². The molecule has 0 radical (unpaired) electrons. The molecule has 3 unspecified atom stereocenters. The van der Waals surface area contributed by atoms with Crippen LogP contribution in [-0.4, -0.2) is 43.2 Å². The van der Waals surface area contributed by atoms with E-state index in [1.807, 2.05) is 11.8 Å². The second-order valence-corrected chi connectivity index (χ2v) is 5.11. The summed E-state index contributed by atoms with van der Waals surface area (Å²) in [5, 5.41) is 0. The van der Waals surface area contributed by atoms with Gasteiger partial charge in [-0.15, -0.1) is 12.4 Å². The maximum absolute atomic E-state index is 12.2. The summed E-state index contributed by atoms with van der Waals surface area (Å²) in [5.74, 6) is 0.858. The van der Waals surface area contributed by atoms with Crippen molar-refractivity contribution in [2.24, 2.45) is 17.6 Å². The fourth-order valence-corrected chi connectivity index (χ4v) is 2.61. The quantitative estimate of drug-likeness (QED) is 0.809. The van der Waals surface area contributed by atoms with Gasteiger partial charge in [-0.25, -0.2) is 0 Å². The third-order valence-corrected chi connectivity index (χ3v) is 3.79. The van der Waals surface area contributed by atoms with E-state index in [4.69, 9.17) is 10.5 Å². The lowest BCUT2D eigenvalue weighted by Gasteiger charge is -2.26. The van der Waals surface area contributed by atoms with Crippen LogP contribution in [0.2, 0.25) is 0 Å². The Morgan fingerprint density at radius 3 is 2.76 bits per heavy atom. The van der Waals surface area contributed by atoms with E-state index in [-0.39, 0.29) is 30.3 Å². The maximum atomic E-state index is 12.2. The zero-order valence-corrected chi connectivity index (χ0v) is 11.2. The highest BCUT2D eigenvalue weighted by molar-refractivity contribution is 5.85. The number of rotatable bonds is 2. The van der Waals surface area contributed by atoms with E-state index in [2.05, 4.69) is 0 Å². The van der Waals surface area contributed by atoms with Gasteiger partial charge < -0.3 is 15.4 Å². The highest BCUT2D eigenvalue weighted by Crippen LogP contribution is 2.23. The van der Waals surface area contributed by atoms with Crippen molar-refractivity contribution in [3.8, 4) is 0 Å². The van der Waals surface area contributed by atoms with E-state index in [9.17, 15) is 4.79 Å². The van der Waals surface area contributed by atoms with Crippen molar-refractivity contribution >= 4 is 18.3 Å². The summed E-state index contributed by atoms with van der Waals surface area (Å²) in [6, 6.07) is 0.195. The summed E-state index contributed by atoms with van der Waals surface area (Å²) >= 11 is 0. The summed E-state index contributed by atoms with van der Waals surface area (Å²) in [6.07, 6.45) is 3.05. The minimum atomic E-state index is 0. The van der Waals surface area contributed by atoms with Gasteiger partial charge in [-0.1, -0.05) is 0 Å². The van der Waals surface area contributed by atoms with Crippen LogP contribution >= 0.6 is 12.4 Å². The van der Waals surface area contributed by atoms with Crippen LogP contribution in [0, 0.1) is 11.8 Å². The number of ether oxygens (including phenoxy) is 1. The zero-order valence-electron chi connectivity index (χ0n) is 10.4. The Labute approximate surface area is 109 Å². The van der Waals surface area contributed by atoms with E-state index in [0.29, 0.717) is 12.5 Å². The molecule has 0 aromatic carbocycles. The molecular weight excluding hydrogens is 240 g/mol. The van der Waals surface area contributed by atoms with Gasteiger partial charge in [-0.05, 0) is 32.1 Å². The Bertz CT molecular complexity index is 255. The number of amides is 1. The van der Waals surface area contributed by atoms with Crippen LogP contribution in [0.1, 0.15) is 26.2 Å². The Kier molecular flexibility index (Phi) is 5.70. The largest absolute Gasteiger partial charge is 0.381 e. The minimum Gasteiger partial charge on any atom is -0.381 e. The van der Waals surface area contributed by atoms with Gasteiger partial charge in [0.15, 0.2) is 0 Å². The van der Waals surface area contributed by atoms with Gasteiger partial charge in [0.05, 0.1) is 12.5 Å². The molecule has 4 nitrogen and oxygen atoms in total. The third-order valence-electron chi connectivity index (χ3n) is 3.79. The molecule has 1 amide bonds. The lowest BCUT2D eigenvalue weighted by Crippen LogP contribution is -2.39. The molecule has 2 aliphatic heterocycles. The molecule has 17 heavy (non-hydrogen) atoms. The molecule has 5 heteroatoms. The number of nitrogens with zero attached hydrogens (tertiary/aromatic N) is 1. The molecule has 0 spiro atoms. The number of hydrogen-bond donors (Lipinski definition) is 1. The molecule has 2 fully saturated rings. The Morgan fingerprint density at radius 2 is 2.24 bits per heavy atom. The Balaban J connectivity index is 0.00000144. The van der Waals surface area contributed by atoms with Crippen molar-refractivity contribution < 1.29 is 9.53 Å². The second kappa shape index (κ2) is 6.57. The predicted octanol–water partition coefficient (Wildman–Crippen LogP) is 1.03. The predicted molar refractivity (Wildman–Crippen MR) is 69.1 cm³/mol. The van der Waals surface area contributed by atoms with E-state index in [1.165, 1.54) is 0 Å². The molecule has 0 aromatic rings. The maximum Gasteiger partial charge on any atom is 0.228 e. The highest BCUT2D eigenvalue weighted by atomic mass is 35.5. The molecule has 0 bridgehead atoms. The van der Waals surface area contributed by atoms with Gasteiger partial charge in [0.25, 0.3) is 0 Å². The van der Waals surface area contributed by atoms with Gasteiger partial charge in [0, 0.05) is 25.7 Å². The standard InChI is InChI=1S/C12H22N2O2.ClH/c1-9(13)10-4-5-14(7-10)12(15)11-3-2-6-16-8-11;/h9-11H,2-8,13H2,1H3;1H. The van der Waals surface area contributed by atoms with Crippen LogP contribution < -0.4 is 5.73 Å².